The number of amides is 3. The van der Waals surface area contributed by atoms with Crippen LogP contribution in [0.1, 0.15) is 6.42 Å². The summed E-state index contributed by atoms with van der Waals surface area (Å²) >= 11 is 0. The van der Waals surface area contributed by atoms with Gasteiger partial charge in [0.05, 0.1) is 0 Å². The molecule has 0 aliphatic rings. The van der Waals surface area contributed by atoms with Gasteiger partial charge in [-0.3, -0.25) is 9.59 Å². The van der Waals surface area contributed by atoms with E-state index < -0.39 is 31.0 Å². The summed E-state index contributed by atoms with van der Waals surface area (Å²) in [5.41, 5.74) is 4.89. The highest BCUT2D eigenvalue weighted by atomic mass is 16.4. The van der Waals surface area contributed by atoms with Crippen molar-refractivity contribution in [3.8, 4) is 0 Å². The molecule has 0 bridgehead atoms. The largest absolute Gasteiger partial charge is 0.480 e. The molecule has 0 unspecified atom stereocenters. The van der Waals surface area contributed by atoms with Crippen molar-refractivity contribution in [1.29, 1.82) is 0 Å². The summed E-state index contributed by atoms with van der Waals surface area (Å²) in [7, 11) is 0. The molecule has 7 nitrogen and oxygen atoms in total. The first-order chi connectivity index (χ1) is 7.47. The minimum Gasteiger partial charge on any atom is -0.480 e. The third-order valence-electron chi connectivity index (χ3n) is 1.58. The molecule has 0 saturated carbocycles. The fourth-order valence-corrected chi connectivity index (χ4v) is 0.944. The van der Waals surface area contributed by atoms with E-state index in [2.05, 4.69) is 11.9 Å². The van der Waals surface area contributed by atoms with Crippen LogP contribution in [-0.2, 0) is 9.59 Å². The first-order valence-electron chi connectivity index (χ1n) is 4.61. The normalized spacial score (nSPS) is 9.25. The molecule has 0 rings (SSSR count). The summed E-state index contributed by atoms with van der Waals surface area (Å²) in [6.45, 7) is 2.81. The summed E-state index contributed by atoms with van der Waals surface area (Å²) in [5, 5.41) is 11.0. The summed E-state index contributed by atoms with van der Waals surface area (Å²) in [6.07, 6.45) is 2.17. The third-order valence-corrected chi connectivity index (χ3v) is 1.58. The zero-order valence-electron chi connectivity index (χ0n) is 8.81. The van der Waals surface area contributed by atoms with E-state index >= 15 is 0 Å². The van der Waals surface area contributed by atoms with E-state index in [1.54, 1.807) is 6.08 Å². The van der Waals surface area contributed by atoms with Crippen LogP contribution in [0.15, 0.2) is 12.7 Å². The molecule has 3 amide bonds. The number of carboxylic acid groups (broad SMARTS) is 1. The maximum absolute atomic E-state index is 11.4. The number of nitrogens with zero attached hydrogens (tertiary/aromatic N) is 1. The van der Waals surface area contributed by atoms with Gasteiger partial charge in [0.25, 0.3) is 0 Å². The Morgan fingerprint density at radius 1 is 1.38 bits per heavy atom. The first-order valence-corrected chi connectivity index (χ1v) is 4.61. The van der Waals surface area contributed by atoms with E-state index in [1.807, 2.05) is 0 Å². The predicted octanol–water partition coefficient (Wildman–Crippen LogP) is -0.856. The fraction of sp³-hybridized carbons (Fsp3) is 0.444. The third kappa shape index (κ3) is 6.41. The number of primary amides is 1. The van der Waals surface area contributed by atoms with E-state index in [0.29, 0.717) is 13.0 Å². The number of hydrogen-bond donors (Lipinski definition) is 3. The van der Waals surface area contributed by atoms with Gasteiger partial charge >= 0.3 is 12.0 Å². The van der Waals surface area contributed by atoms with Crippen LogP contribution in [0.3, 0.4) is 0 Å². The Kier molecular flexibility index (Phi) is 6.34. The van der Waals surface area contributed by atoms with Crippen molar-refractivity contribution in [2.45, 2.75) is 6.42 Å². The Morgan fingerprint density at radius 3 is 2.44 bits per heavy atom. The number of rotatable bonds is 7. The summed E-state index contributed by atoms with van der Waals surface area (Å²) in [5.74, 6) is -1.97. The number of urea groups is 1. The average Bonchev–Trinajstić information content (AvgIpc) is 2.15. The second kappa shape index (κ2) is 7.27. The van der Waals surface area contributed by atoms with Crippen molar-refractivity contribution < 1.29 is 19.5 Å². The Morgan fingerprint density at radius 2 is 2.00 bits per heavy atom. The van der Waals surface area contributed by atoms with Gasteiger partial charge in [-0.1, -0.05) is 6.08 Å². The number of hydrogen-bond acceptors (Lipinski definition) is 3. The van der Waals surface area contributed by atoms with Crippen LogP contribution in [0.5, 0.6) is 0 Å². The lowest BCUT2D eigenvalue weighted by molar-refractivity contribution is -0.137. The van der Waals surface area contributed by atoms with Crippen LogP contribution in [-0.4, -0.2) is 47.5 Å². The van der Waals surface area contributed by atoms with E-state index in [4.69, 9.17) is 10.8 Å². The minimum absolute atomic E-state index is 0.331. The Bertz CT molecular complexity index is 274. The number of carbonyl (C=O) groups excluding carboxylic acids is 2. The molecular weight excluding hydrogens is 214 g/mol. The Balaban J connectivity index is 4.25. The number of carboxylic acids is 1. The lowest BCUT2D eigenvalue weighted by atomic mass is 10.4. The van der Waals surface area contributed by atoms with Crippen LogP contribution >= 0.6 is 0 Å². The van der Waals surface area contributed by atoms with E-state index in [0.717, 1.165) is 4.90 Å². The maximum Gasteiger partial charge on any atom is 0.323 e. The van der Waals surface area contributed by atoms with Gasteiger partial charge in [-0.2, -0.15) is 0 Å². The SMILES string of the molecule is C=CCCNC(=O)N(CC(N)=O)CC(=O)O. The maximum atomic E-state index is 11.4. The highest BCUT2D eigenvalue weighted by Gasteiger charge is 2.17. The van der Waals surface area contributed by atoms with Crippen molar-refractivity contribution >= 4 is 17.9 Å². The van der Waals surface area contributed by atoms with Crippen LogP contribution in [0, 0.1) is 0 Å². The molecule has 0 aromatic rings. The Hall–Kier alpha value is -2.05. The molecule has 0 radical (unpaired) electrons. The van der Waals surface area contributed by atoms with Crippen LogP contribution in [0.2, 0.25) is 0 Å². The van der Waals surface area contributed by atoms with E-state index in [9.17, 15) is 14.4 Å². The van der Waals surface area contributed by atoms with Crippen molar-refractivity contribution in [2.24, 2.45) is 5.73 Å². The molecule has 0 aliphatic heterocycles. The molecular formula is C9H15N3O4. The second-order valence-corrected chi connectivity index (χ2v) is 3.03. The molecule has 7 heteroatoms. The lowest BCUT2D eigenvalue weighted by Gasteiger charge is -2.19. The summed E-state index contributed by atoms with van der Waals surface area (Å²) in [4.78, 5) is 33.3. The quantitative estimate of drug-likeness (QED) is 0.389. The van der Waals surface area contributed by atoms with Crippen LogP contribution < -0.4 is 11.1 Å². The van der Waals surface area contributed by atoms with Crippen molar-refractivity contribution in [2.75, 3.05) is 19.6 Å². The molecule has 0 heterocycles. The number of nitrogens with two attached hydrogens (primary N) is 1. The fourth-order valence-electron chi connectivity index (χ4n) is 0.944. The Labute approximate surface area is 92.9 Å². The molecule has 0 fully saturated rings. The molecule has 16 heavy (non-hydrogen) atoms. The molecule has 0 spiro atoms. The van der Waals surface area contributed by atoms with Gasteiger partial charge in [0.2, 0.25) is 5.91 Å². The van der Waals surface area contributed by atoms with Gasteiger partial charge < -0.3 is 21.1 Å². The molecule has 0 atom stereocenters. The van der Waals surface area contributed by atoms with Gasteiger partial charge in [0.1, 0.15) is 13.1 Å². The number of aliphatic carboxylic acids is 1. The van der Waals surface area contributed by atoms with E-state index in [1.165, 1.54) is 0 Å². The van der Waals surface area contributed by atoms with Crippen LogP contribution in [0.25, 0.3) is 0 Å². The van der Waals surface area contributed by atoms with Crippen molar-refractivity contribution in [3.05, 3.63) is 12.7 Å². The topological polar surface area (TPSA) is 113 Å². The smallest absolute Gasteiger partial charge is 0.323 e. The van der Waals surface area contributed by atoms with E-state index in [-0.39, 0.29) is 0 Å². The standard InChI is InChI=1S/C9H15N3O4/c1-2-3-4-11-9(16)12(5-7(10)13)6-8(14)15/h2H,1,3-6H2,(H2,10,13)(H,11,16)(H,14,15). The van der Waals surface area contributed by atoms with Gasteiger partial charge in [-0.15, -0.1) is 6.58 Å². The summed E-state index contributed by atoms with van der Waals surface area (Å²) < 4.78 is 0. The summed E-state index contributed by atoms with van der Waals surface area (Å²) in [6, 6.07) is -0.636. The lowest BCUT2D eigenvalue weighted by Crippen LogP contribution is -2.46. The second-order valence-electron chi connectivity index (χ2n) is 3.03. The molecule has 90 valence electrons. The minimum atomic E-state index is -1.21. The van der Waals surface area contributed by atoms with Gasteiger partial charge in [-0.25, -0.2) is 4.79 Å². The molecule has 0 aromatic carbocycles. The predicted molar refractivity (Wildman–Crippen MR) is 56.6 cm³/mol. The molecule has 0 aliphatic carbocycles. The van der Waals surface area contributed by atoms with Crippen molar-refractivity contribution in [3.63, 3.8) is 0 Å². The average molecular weight is 229 g/mol. The zero-order valence-corrected chi connectivity index (χ0v) is 8.81. The monoisotopic (exact) mass is 229 g/mol. The van der Waals surface area contributed by atoms with Gasteiger partial charge in [0.15, 0.2) is 0 Å². The zero-order chi connectivity index (χ0) is 12.6. The molecule has 4 N–H and O–H groups in total. The van der Waals surface area contributed by atoms with Gasteiger partial charge in [-0.05, 0) is 6.42 Å². The van der Waals surface area contributed by atoms with Gasteiger partial charge in [0, 0.05) is 6.54 Å². The highest BCUT2D eigenvalue weighted by Crippen LogP contribution is 1.90. The van der Waals surface area contributed by atoms with Crippen LogP contribution in [0.4, 0.5) is 4.79 Å². The number of nitrogens with one attached hydrogen (secondary N) is 1. The molecule has 0 aromatic heterocycles. The molecule has 0 saturated heterocycles. The highest BCUT2D eigenvalue weighted by molar-refractivity contribution is 5.85. The number of carbonyl (C=O) groups is 3. The van der Waals surface area contributed by atoms with Crippen molar-refractivity contribution in [1.82, 2.24) is 10.2 Å². The first kappa shape index (κ1) is 13.9.